The van der Waals surface area contributed by atoms with E-state index < -0.39 is 19.1 Å². The molecule has 1 aliphatic rings. The second-order valence-electron chi connectivity index (χ2n) is 4.19. The fourth-order valence-corrected chi connectivity index (χ4v) is 2.22. The lowest BCUT2D eigenvalue weighted by Crippen LogP contribution is -2.47. The molecule has 0 aromatic heterocycles. The normalized spacial score (nSPS) is 17.5. The minimum absolute atomic E-state index is 0.0138. The van der Waals surface area contributed by atoms with Crippen LogP contribution in [0.25, 0.3) is 0 Å². The summed E-state index contributed by atoms with van der Waals surface area (Å²) in [5, 5.41) is 0.738. The summed E-state index contributed by atoms with van der Waals surface area (Å²) >= 11 is 11.7. The molecular weight excluding hydrogens is 292 g/mol. The zero-order valence-electron chi connectivity index (χ0n) is 10.1. The van der Waals surface area contributed by atoms with Gasteiger partial charge in [-0.15, -0.1) is 0 Å². The molecule has 0 atom stereocenters. The third-order valence-electron chi connectivity index (χ3n) is 2.43. The molecule has 1 aliphatic heterocycles. The maximum Gasteiger partial charge on any atom is 0.636 e. The van der Waals surface area contributed by atoms with E-state index in [-0.39, 0.29) is 13.1 Å². The van der Waals surface area contributed by atoms with Gasteiger partial charge in [-0.25, -0.2) is 0 Å². The van der Waals surface area contributed by atoms with Gasteiger partial charge in [-0.1, -0.05) is 23.2 Å². The lowest BCUT2D eigenvalue weighted by atomic mass is 9.78. The zero-order valence-corrected chi connectivity index (χ0v) is 11.6. The highest BCUT2D eigenvalue weighted by Gasteiger charge is 2.34. The summed E-state index contributed by atoms with van der Waals surface area (Å²) in [6, 6.07) is 4.60. The number of hydrogen-bond donors (Lipinski definition) is 0. The maximum atomic E-state index is 11.6. The van der Waals surface area contributed by atoms with Crippen molar-refractivity contribution in [1.29, 1.82) is 0 Å². The predicted octanol–water partition coefficient (Wildman–Crippen LogP) is 0.720. The van der Waals surface area contributed by atoms with Crippen molar-refractivity contribution >= 4 is 47.7 Å². The molecule has 1 fully saturated rings. The summed E-state index contributed by atoms with van der Waals surface area (Å²) < 4.78 is 10.2. The Morgan fingerprint density at radius 1 is 1.05 bits per heavy atom. The third-order valence-corrected chi connectivity index (χ3v) is 2.87. The van der Waals surface area contributed by atoms with Crippen LogP contribution in [0.4, 0.5) is 0 Å². The molecule has 0 aliphatic carbocycles. The van der Waals surface area contributed by atoms with Crippen molar-refractivity contribution in [3.63, 3.8) is 0 Å². The third kappa shape index (κ3) is 3.86. The van der Waals surface area contributed by atoms with Crippen LogP contribution in [0.15, 0.2) is 18.2 Å². The SMILES string of the molecule is CN1CC(=O)OB(c2cc(Cl)cc(Cl)c2)OC(=O)C1. The van der Waals surface area contributed by atoms with Crippen LogP contribution in [0.3, 0.4) is 0 Å². The van der Waals surface area contributed by atoms with Gasteiger partial charge in [0.1, 0.15) is 0 Å². The number of carbonyl (C=O) groups excluding carboxylic acids is 2. The van der Waals surface area contributed by atoms with Gasteiger partial charge in [0, 0.05) is 15.5 Å². The smallest absolute Gasteiger partial charge is 0.494 e. The number of nitrogens with zero attached hydrogens (tertiary/aromatic N) is 1. The summed E-state index contributed by atoms with van der Waals surface area (Å²) in [5.74, 6) is -0.979. The summed E-state index contributed by atoms with van der Waals surface area (Å²) in [7, 11) is 0.504. The first-order valence-electron chi connectivity index (χ1n) is 5.47. The Labute approximate surface area is 120 Å². The van der Waals surface area contributed by atoms with Crippen LogP contribution in [-0.2, 0) is 18.9 Å². The first kappa shape index (κ1) is 14.2. The Morgan fingerprint density at radius 3 is 2.00 bits per heavy atom. The van der Waals surface area contributed by atoms with E-state index in [1.54, 1.807) is 7.05 Å². The fraction of sp³-hybridized carbons (Fsp3) is 0.273. The molecule has 0 unspecified atom stereocenters. The predicted molar refractivity (Wildman–Crippen MR) is 71.5 cm³/mol. The Balaban J connectivity index is 2.26. The van der Waals surface area contributed by atoms with E-state index in [1.165, 1.54) is 23.1 Å². The molecule has 0 spiro atoms. The number of likely N-dealkylation sites (N-methyl/N-ethyl adjacent to an activating group) is 1. The van der Waals surface area contributed by atoms with E-state index in [0.717, 1.165) is 0 Å². The van der Waals surface area contributed by atoms with E-state index in [9.17, 15) is 9.59 Å². The van der Waals surface area contributed by atoms with Crippen LogP contribution in [0, 0.1) is 0 Å². The molecule has 1 saturated heterocycles. The highest BCUT2D eigenvalue weighted by atomic mass is 35.5. The second kappa shape index (κ2) is 5.82. The van der Waals surface area contributed by atoms with Gasteiger partial charge >= 0.3 is 19.1 Å². The van der Waals surface area contributed by atoms with Gasteiger partial charge in [0.05, 0.1) is 13.1 Å². The van der Waals surface area contributed by atoms with Crippen molar-refractivity contribution in [1.82, 2.24) is 4.90 Å². The van der Waals surface area contributed by atoms with Crippen LogP contribution in [0.1, 0.15) is 0 Å². The highest BCUT2D eigenvalue weighted by Crippen LogP contribution is 2.15. The van der Waals surface area contributed by atoms with Crippen molar-refractivity contribution < 1.29 is 18.9 Å². The minimum Gasteiger partial charge on any atom is -0.494 e. The van der Waals surface area contributed by atoms with E-state index in [2.05, 4.69) is 0 Å². The van der Waals surface area contributed by atoms with Crippen LogP contribution < -0.4 is 5.46 Å². The topological polar surface area (TPSA) is 55.8 Å². The molecular formula is C11H10BCl2NO4. The largest absolute Gasteiger partial charge is 0.636 e. The first-order chi connectivity index (χ1) is 8.94. The molecule has 0 N–H and O–H groups in total. The lowest BCUT2D eigenvalue weighted by molar-refractivity contribution is -0.145. The standard InChI is InChI=1S/C11H10BCl2NO4/c1-15-5-10(16)18-12(19-11(17)6-15)7-2-8(13)4-9(14)3-7/h2-4H,5-6H2,1H3. The highest BCUT2D eigenvalue weighted by molar-refractivity contribution is 6.65. The molecule has 1 aromatic rings. The van der Waals surface area contributed by atoms with Gasteiger partial charge < -0.3 is 9.31 Å². The molecule has 0 bridgehead atoms. The van der Waals surface area contributed by atoms with E-state index in [0.29, 0.717) is 15.5 Å². The van der Waals surface area contributed by atoms with Gasteiger partial charge in [0.25, 0.3) is 0 Å². The molecule has 19 heavy (non-hydrogen) atoms. The van der Waals surface area contributed by atoms with E-state index in [4.69, 9.17) is 32.5 Å². The lowest BCUT2D eigenvalue weighted by Gasteiger charge is -2.22. The number of rotatable bonds is 1. The van der Waals surface area contributed by atoms with E-state index >= 15 is 0 Å². The van der Waals surface area contributed by atoms with Gasteiger partial charge in [0.2, 0.25) is 0 Å². The Bertz CT molecular complexity index is 485. The quantitative estimate of drug-likeness (QED) is 0.716. The van der Waals surface area contributed by atoms with Crippen LogP contribution >= 0.6 is 23.2 Å². The van der Waals surface area contributed by atoms with E-state index in [1.807, 2.05) is 0 Å². The molecule has 0 radical (unpaired) electrons. The molecule has 0 saturated carbocycles. The van der Waals surface area contributed by atoms with Crippen LogP contribution in [0.2, 0.25) is 10.0 Å². The van der Waals surface area contributed by atoms with Crippen molar-refractivity contribution in [3.05, 3.63) is 28.2 Å². The number of benzene rings is 1. The molecule has 1 aromatic carbocycles. The molecule has 1 heterocycles. The van der Waals surface area contributed by atoms with Crippen molar-refractivity contribution in [3.8, 4) is 0 Å². The first-order valence-corrected chi connectivity index (χ1v) is 6.23. The average Bonchev–Trinajstić information content (AvgIpc) is 2.24. The number of carbonyl (C=O) groups is 2. The average molecular weight is 302 g/mol. The fourth-order valence-electron chi connectivity index (χ4n) is 1.68. The van der Waals surface area contributed by atoms with Gasteiger partial charge in [-0.2, -0.15) is 0 Å². The summed E-state index contributed by atoms with van der Waals surface area (Å²) in [4.78, 5) is 24.7. The van der Waals surface area contributed by atoms with Crippen LogP contribution in [0.5, 0.6) is 0 Å². The maximum absolute atomic E-state index is 11.6. The Hall–Kier alpha value is -1.24. The zero-order chi connectivity index (χ0) is 14.0. The van der Waals surface area contributed by atoms with Gasteiger partial charge in [-0.05, 0) is 25.2 Å². The Kier molecular flexibility index (Phi) is 4.34. The van der Waals surface area contributed by atoms with Crippen molar-refractivity contribution in [2.45, 2.75) is 0 Å². The van der Waals surface area contributed by atoms with Crippen LogP contribution in [-0.4, -0.2) is 44.1 Å². The Morgan fingerprint density at radius 2 is 1.53 bits per heavy atom. The summed E-state index contributed by atoms with van der Waals surface area (Å²) in [6.07, 6.45) is 0. The molecule has 0 amide bonds. The van der Waals surface area contributed by atoms with Gasteiger partial charge in [-0.3, -0.25) is 14.5 Å². The second-order valence-corrected chi connectivity index (χ2v) is 5.06. The minimum atomic E-state index is -1.12. The molecule has 2 rings (SSSR count). The monoisotopic (exact) mass is 301 g/mol. The van der Waals surface area contributed by atoms with Gasteiger partial charge in [0.15, 0.2) is 0 Å². The summed E-state index contributed by atoms with van der Waals surface area (Å²) in [5.41, 5.74) is 0.420. The van der Waals surface area contributed by atoms with Crippen molar-refractivity contribution in [2.75, 3.05) is 20.1 Å². The number of hydrogen-bond acceptors (Lipinski definition) is 5. The molecule has 8 heteroatoms. The number of halogens is 2. The molecule has 100 valence electrons. The molecule has 5 nitrogen and oxygen atoms in total. The van der Waals surface area contributed by atoms with Crippen molar-refractivity contribution in [2.24, 2.45) is 0 Å². The summed E-state index contributed by atoms with van der Waals surface area (Å²) in [6.45, 7) is 0.0276.